The summed E-state index contributed by atoms with van der Waals surface area (Å²) in [6.07, 6.45) is 2.11. The maximum atomic E-state index is 6.20. The highest BCUT2D eigenvalue weighted by Gasteiger charge is 2.21. The molecule has 0 saturated carbocycles. The Morgan fingerprint density at radius 3 is 2.76 bits per heavy atom. The van der Waals surface area contributed by atoms with E-state index in [2.05, 4.69) is 37.9 Å². The van der Waals surface area contributed by atoms with Gasteiger partial charge in [0.05, 0.1) is 12.3 Å². The number of aryl methyl sites for hydroxylation is 1. The Balaban J connectivity index is 2.15. The van der Waals surface area contributed by atoms with Gasteiger partial charge in [0, 0.05) is 17.0 Å². The predicted octanol–water partition coefficient (Wildman–Crippen LogP) is 4.42. The Labute approximate surface area is 130 Å². The summed E-state index contributed by atoms with van der Waals surface area (Å²) in [5, 5.41) is 0.471. The zero-order valence-electron chi connectivity index (χ0n) is 12.6. The molecule has 0 saturated heterocycles. The molecule has 0 amide bonds. The van der Waals surface area contributed by atoms with Crippen LogP contribution in [0.3, 0.4) is 0 Å². The summed E-state index contributed by atoms with van der Waals surface area (Å²) in [5.74, 6) is 1.69. The molecule has 1 aliphatic heterocycles. The van der Waals surface area contributed by atoms with Gasteiger partial charge in [-0.25, -0.2) is 9.97 Å². The van der Waals surface area contributed by atoms with Gasteiger partial charge in [-0.3, -0.25) is 0 Å². The molecule has 3 nitrogen and oxygen atoms in total. The lowest BCUT2D eigenvalue weighted by Crippen LogP contribution is -2.16. The lowest BCUT2D eigenvalue weighted by Gasteiger charge is -2.21. The van der Waals surface area contributed by atoms with E-state index in [1.54, 1.807) is 0 Å². The summed E-state index contributed by atoms with van der Waals surface area (Å²) in [7, 11) is 0. The normalized spacial score (nSPS) is 14.5. The minimum Gasteiger partial charge on any atom is -0.493 e. The first-order valence-corrected chi connectivity index (χ1v) is 7.63. The van der Waals surface area contributed by atoms with E-state index in [1.165, 1.54) is 5.56 Å². The van der Waals surface area contributed by atoms with Crippen molar-refractivity contribution in [2.45, 2.75) is 39.0 Å². The molecule has 4 heteroatoms. The zero-order valence-corrected chi connectivity index (χ0v) is 13.4. The van der Waals surface area contributed by atoms with Gasteiger partial charge in [-0.05, 0) is 24.5 Å². The standard InChI is InChI=1S/C17H19ClN2O/c1-17(2,3)16-19-13(10-14(18)20-16)12-8-4-6-11-7-5-9-21-15(11)12/h4,6,8,10H,5,7,9H2,1-3H3. The average Bonchev–Trinajstić information content (AvgIpc) is 2.45. The van der Waals surface area contributed by atoms with E-state index in [4.69, 9.17) is 21.3 Å². The maximum Gasteiger partial charge on any atom is 0.136 e. The van der Waals surface area contributed by atoms with E-state index in [0.29, 0.717) is 5.15 Å². The second-order valence-corrected chi connectivity index (χ2v) is 6.78. The van der Waals surface area contributed by atoms with Crippen molar-refractivity contribution in [3.8, 4) is 17.0 Å². The number of halogens is 1. The number of ether oxygens (including phenoxy) is 1. The van der Waals surface area contributed by atoms with Gasteiger partial charge in [0.1, 0.15) is 16.7 Å². The van der Waals surface area contributed by atoms with Crippen LogP contribution in [0.2, 0.25) is 5.15 Å². The molecule has 0 unspecified atom stereocenters. The SMILES string of the molecule is CC(C)(C)c1nc(Cl)cc(-c2cccc3c2OCCC3)n1. The first-order valence-electron chi connectivity index (χ1n) is 7.25. The fourth-order valence-corrected chi connectivity index (χ4v) is 2.67. The van der Waals surface area contributed by atoms with Crippen LogP contribution in [0.25, 0.3) is 11.3 Å². The lowest BCUT2D eigenvalue weighted by atomic mass is 9.95. The van der Waals surface area contributed by atoms with Crippen LogP contribution in [0.1, 0.15) is 38.6 Å². The number of nitrogens with zero attached hydrogens (tertiary/aromatic N) is 2. The lowest BCUT2D eigenvalue weighted by molar-refractivity contribution is 0.289. The predicted molar refractivity (Wildman–Crippen MR) is 85.0 cm³/mol. The summed E-state index contributed by atoms with van der Waals surface area (Å²) in [4.78, 5) is 9.06. The van der Waals surface area contributed by atoms with Gasteiger partial charge in [-0.2, -0.15) is 0 Å². The minimum absolute atomic E-state index is 0.144. The minimum atomic E-state index is -0.144. The maximum absolute atomic E-state index is 6.20. The average molecular weight is 303 g/mol. The highest BCUT2D eigenvalue weighted by Crippen LogP contribution is 2.36. The van der Waals surface area contributed by atoms with Crippen LogP contribution in [-0.4, -0.2) is 16.6 Å². The quantitative estimate of drug-likeness (QED) is 0.731. The number of para-hydroxylation sites is 1. The molecule has 3 rings (SSSR count). The van der Waals surface area contributed by atoms with Gasteiger partial charge < -0.3 is 4.74 Å². The van der Waals surface area contributed by atoms with Crippen LogP contribution in [0.4, 0.5) is 0 Å². The van der Waals surface area contributed by atoms with Crippen LogP contribution < -0.4 is 4.74 Å². The molecule has 0 N–H and O–H groups in total. The van der Waals surface area contributed by atoms with Crippen LogP contribution in [0.5, 0.6) is 5.75 Å². The largest absolute Gasteiger partial charge is 0.493 e. The molecule has 2 aromatic rings. The third-order valence-corrected chi connectivity index (χ3v) is 3.77. The number of fused-ring (bicyclic) bond motifs is 1. The Morgan fingerprint density at radius 2 is 2.00 bits per heavy atom. The molecule has 1 aromatic carbocycles. The molecule has 110 valence electrons. The molecule has 1 aliphatic rings. The van der Waals surface area contributed by atoms with Gasteiger partial charge in [0.2, 0.25) is 0 Å². The third kappa shape index (κ3) is 2.88. The third-order valence-electron chi connectivity index (χ3n) is 3.58. The van der Waals surface area contributed by atoms with E-state index in [-0.39, 0.29) is 5.41 Å². The number of aromatic nitrogens is 2. The summed E-state index contributed by atoms with van der Waals surface area (Å²) < 4.78 is 5.87. The summed E-state index contributed by atoms with van der Waals surface area (Å²) in [6, 6.07) is 8.01. The molecule has 0 spiro atoms. The van der Waals surface area contributed by atoms with E-state index in [9.17, 15) is 0 Å². The molecule has 1 aromatic heterocycles. The van der Waals surface area contributed by atoms with Crippen molar-refractivity contribution in [2.24, 2.45) is 0 Å². The topological polar surface area (TPSA) is 35.0 Å². The van der Waals surface area contributed by atoms with Crippen LogP contribution in [0, 0.1) is 0 Å². The van der Waals surface area contributed by atoms with Gasteiger partial charge in [0.15, 0.2) is 0 Å². The Morgan fingerprint density at radius 1 is 1.19 bits per heavy atom. The number of benzene rings is 1. The monoisotopic (exact) mass is 302 g/mol. The number of hydrogen-bond acceptors (Lipinski definition) is 3. The van der Waals surface area contributed by atoms with Crippen molar-refractivity contribution in [1.29, 1.82) is 0 Å². The van der Waals surface area contributed by atoms with Crippen molar-refractivity contribution in [2.75, 3.05) is 6.61 Å². The fraction of sp³-hybridized carbons (Fsp3) is 0.412. The second-order valence-electron chi connectivity index (χ2n) is 6.40. The first-order chi connectivity index (χ1) is 9.95. The molecular weight excluding hydrogens is 284 g/mol. The second kappa shape index (κ2) is 5.30. The van der Waals surface area contributed by atoms with Gasteiger partial charge >= 0.3 is 0 Å². The van der Waals surface area contributed by atoms with Crippen LogP contribution in [-0.2, 0) is 11.8 Å². The Kier molecular flexibility index (Phi) is 3.62. The summed E-state index contributed by atoms with van der Waals surface area (Å²) in [6.45, 7) is 7.01. The van der Waals surface area contributed by atoms with Gasteiger partial charge in [-0.1, -0.05) is 44.5 Å². The van der Waals surface area contributed by atoms with Crippen LogP contribution in [0.15, 0.2) is 24.3 Å². The van der Waals surface area contributed by atoms with Gasteiger partial charge in [0.25, 0.3) is 0 Å². The van der Waals surface area contributed by atoms with E-state index in [1.807, 2.05) is 12.1 Å². The fourth-order valence-electron chi connectivity index (χ4n) is 2.48. The van der Waals surface area contributed by atoms with Crippen molar-refractivity contribution >= 4 is 11.6 Å². The molecule has 0 radical (unpaired) electrons. The highest BCUT2D eigenvalue weighted by molar-refractivity contribution is 6.29. The smallest absolute Gasteiger partial charge is 0.136 e. The molecule has 0 atom stereocenters. The zero-order chi connectivity index (χ0) is 15.0. The van der Waals surface area contributed by atoms with Gasteiger partial charge in [-0.15, -0.1) is 0 Å². The first kappa shape index (κ1) is 14.3. The Hall–Kier alpha value is -1.61. The van der Waals surface area contributed by atoms with Crippen molar-refractivity contribution in [3.63, 3.8) is 0 Å². The van der Waals surface area contributed by atoms with Crippen molar-refractivity contribution in [3.05, 3.63) is 40.8 Å². The van der Waals surface area contributed by atoms with Crippen LogP contribution >= 0.6 is 11.6 Å². The summed E-state index contributed by atoms with van der Waals surface area (Å²) >= 11 is 6.20. The molecule has 0 fully saturated rings. The van der Waals surface area contributed by atoms with Crippen molar-refractivity contribution < 1.29 is 4.74 Å². The van der Waals surface area contributed by atoms with E-state index < -0.39 is 0 Å². The Bertz CT molecular complexity index is 677. The van der Waals surface area contributed by atoms with Crippen molar-refractivity contribution in [1.82, 2.24) is 9.97 Å². The summed E-state index contributed by atoms with van der Waals surface area (Å²) in [5.41, 5.74) is 2.93. The molecule has 0 bridgehead atoms. The number of rotatable bonds is 1. The molecule has 21 heavy (non-hydrogen) atoms. The highest BCUT2D eigenvalue weighted by atomic mass is 35.5. The van der Waals surface area contributed by atoms with E-state index in [0.717, 1.165) is 42.3 Å². The molecule has 0 aliphatic carbocycles. The molecular formula is C17H19ClN2O. The molecule has 2 heterocycles. The van der Waals surface area contributed by atoms with E-state index >= 15 is 0 Å². The number of hydrogen-bond donors (Lipinski definition) is 0.